The van der Waals surface area contributed by atoms with Crippen molar-refractivity contribution in [2.45, 2.75) is 0 Å². The first-order chi connectivity index (χ1) is 8.70. The molecule has 88 valence electrons. The van der Waals surface area contributed by atoms with Crippen LogP contribution in [0.3, 0.4) is 0 Å². The number of rotatable bonds is 2. The first-order valence-corrected chi connectivity index (χ1v) is 5.20. The molecular formula is C13H9N3O2. The predicted octanol–water partition coefficient (Wildman–Crippen LogP) is 1.50. The third-order valence-corrected chi connectivity index (χ3v) is 2.33. The third-order valence-electron chi connectivity index (χ3n) is 2.33. The Morgan fingerprint density at radius 2 is 2.06 bits per heavy atom. The summed E-state index contributed by atoms with van der Waals surface area (Å²) >= 11 is 0. The van der Waals surface area contributed by atoms with E-state index < -0.39 is 5.91 Å². The molecule has 2 rings (SSSR count). The average Bonchev–Trinajstić information content (AvgIpc) is 2.39. The highest BCUT2D eigenvalue weighted by atomic mass is 16.2. The zero-order valence-electron chi connectivity index (χ0n) is 9.31. The fourth-order valence-electron chi connectivity index (χ4n) is 1.47. The van der Waals surface area contributed by atoms with Crippen molar-refractivity contribution in [3.8, 4) is 6.07 Å². The van der Waals surface area contributed by atoms with Crippen molar-refractivity contribution in [2.24, 2.45) is 0 Å². The summed E-state index contributed by atoms with van der Waals surface area (Å²) in [4.78, 5) is 25.4. The van der Waals surface area contributed by atoms with Gasteiger partial charge in [-0.05, 0) is 18.2 Å². The molecule has 0 saturated carbocycles. The number of pyridine rings is 1. The van der Waals surface area contributed by atoms with E-state index in [-0.39, 0.29) is 11.1 Å². The number of H-pyrrole nitrogens is 1. The number of aromatic nitrogens is 1. The average molecular weight is 239 g/mol. The van der Waals surface area contributed by atoms with Crippen LogP contribution in [0.15, 0.2) is 47.4 Å². The lowest BCUT2D eigenvalue weighted by Gasteiger charge is -2.06. The molecule has 1 aromatic heterocycles. The second-order valence-electron chi connectivity index (χ2n) is 3.55. The number of hydrogen-bond donors (Lipinski definition) is 2. The molecule has 0 unspecified atom stereocenters. The van der Waals surface area contributed by atoms with Crippen LogP contribution in [-0.4, -0.2) is 10.9 Å². The first-order valence-electron chi connectivity index (χ1n) is 5.20. The van der Waals surface area contributed by atoms with Gasteiger partial charge >= 0.3 is 0 Å². The molecule has 1 heterocycles. The Morgan fingerprint density at radius 1 is 1.28 bits per heavy atom. The lowest BCUT2D eigenvalue weighted by atomic mass is 10.2. The molecule has 0 bridgehead atoms. The van der Waals surface area contributed by atoms with Crippen molar-refractivity contribution in [1.82, 2.24) is 4.98 Å². The Labute approximate surface area is 103 Å². The highest BCUT2D eigenvalue weighted by Crippen LogP contribution is 2.14. The second-order valence-corrected chi connectivity index (χ2v) is 3.55. The predicted molar refractivity (Wildman–Crippen MR) is 66.2 cm³/mol. The minimum atomic E-state index is -0.427. The van der Waals surface area contributed by atoms with Gasteiger partial charge in [0.25, 0.3) is 5.91 Å². The molecular weight excluding hydrogens is 230 g/mol. The van der Waals surface area contributed by atoms with Gasteiger partial charge in [0.1, 0.15) is 6.07 Å². The molecule has 2 aromatic rings. The smallest absolute Gasteiger partial charge is 0.255 e. The van der Waals surface area contributed by atoms with E-state index in [1.54, 1.807) is 24.3 Å². The Bertz CT molecular complexity index is 683. The van der Waals surface area contributed by atoms with Crippen molar-refractivity contribution in [3.63, 3.8) is 0 Å². The molecule has 0 aliphatic heterocycles. The molecule has 5 heteroatoms. The fraction of sp³-hybridized carbons (Fsp3) is 0. The summed E-state index contributed by atoms with van der Waals surface area (Å²) in [5.41, 5.74) is 0.684. The van der Waals surface area contributed by atoms with E-state index in [1.165, 1.54) is 18.3 Å². The van der Waals surface area contributed by atoms with E-state index in [9.17, 15) is 9.59 Å². The maximum atomic E-state index is 11.9. The number of nitrogens with one attached hydrogen (secondary N) is 2. The summed E-state index contributed by atoms with van der Waals surface area (Å²) in [5.74, 6) is -0.427. The van der Waals surface area contributed by atoms with Gasteiger partial charge in [-0.1, -0.05) is 12.1 Å². The number of para-hydroxylation sites is 1. The second kappa shape index (κ2) is 4.97. The van der Waals surface area contributed by atoms with Crippen LogP contribution in [0, 0.1) is 11.3 Å². The SMILES string of the molecule is N#Cc1ccccc1NC(=O)c1cc[nH]c(=O)c1. The number of aromatic amines is 1. The number of anilines is 1. The molecule has 0 radical (unpaired) electrons. The van der Waals surface area contributed by atoms with E-state index >= 15 is 0 Å². The van der Waals surface area contributed by atoms with E-state index in [0.29, 0.717) is 11.3 Å². The topological polar surface area (TPSA) is 85.8 Å². The zero-order valence-corrected chi connectivity index (χ0v) is 9.31. The maximum Gasteiger partial charge on any atom is 0.255 e. The van der Waals surface area contributed by atoms with Crippen LogP contribution >= 0.6 is 0 Å². The van der Waals surface area contributed by atoms with Crippen molar-refractivity contribution in [2.75, 3.05) is 5.32 Å². The van der Waals surface area contributed by atoms with Crippen LogP contribution in [0.5, 0.6) is 0 Å². The van der Waals surface area contributed by atoms with Crippen molar-refractivity contribution < 1.29 is 4.79 Å². The van der Waals surface area contributed by atoms with Gasteiger partial charge < -0.3 is 10.3 Å². The van der Waals surface area contributed by atoms with E-state index in [0.717, 1.165) is 0 Å². The van der Waals surface area contributed by atoms with Crippen LogP contribution in [0.4, 0.5) is 5.69 Å². The van der Waals surface area contributed by atoms with Crippen LogP contribution in [0.2, 0.25) is 0 Å². The van der Waals surface area contributed by atoms with Gasteiger partial charge in [0.15, 0.2) is 0 Å². The van der Waals surface area contributed by atoms with Gasteiger partial charge in [-0.2, -0.15) is 5.26 Å². The summed E-state index contributed by atoms with van der Waals surface area (Å²) in [5, 5.41) is 11.5. The lowest BCUT2D eigenvalue weighted by Crippen LogP contribution is -2.16. The molecule has 0 aliphatic rings. The molecule has 5 nitrogen and oxygen atoms in total. The standard InChI is InChI=1S/C13H9N3O2/c14-8-10-3-1-2-4-11(10)16-13(18)9-5-6-15-12(17)7-9/h1-7H,(H,15,17)(H,16,18). The van der Waals surface area contributed by atoms with Gasteiger partial charge in [-0.25, -0.2) is 0 Å². The summed E-state index contributed by atoms with van der Waals surface area (Å²) in [7, 11) is 0. The highest BCUT2D eigenvalue weighted by molar-refractivity contribution is 6.04. The number of benzene rings is 1. The van der Waals surface area contributed by atoms with Gasteiger partial charge in [-0.3, -0.25) is 9.59 Å². The molecule has 2 N–H and O–H groups in total. The first kappa shape index (κ1) is 11.6. The Balaban J connectivity index is 2.27. The quantitative estimate of drug-likeness (QED) is 0.832. The summed E-state index contributed by atoms with van der Waals surface area (Å²) in [6.45, 7) is 0. The number of hydrogen-bond acceptors (Lipinski definition) is 3. The summed E-state index contributed by atoms with van der Waals surface area (Å²) in [6.07, 6.45) is 1.40. The molecule has 18 heavy (non-hydrogen) atoms. The van der Waals surface area contributed by atoms with Crippen molar-refractivity contribution in [3.05, 3.63) is 64.1 Å². The Morgan fingerprint density at radius 3 is 2.78 bits per heavy atom. The molecule has 1 aromatic carbocycles. The van der Waals surface area contributed by atoms with Crippen LogP contribution < -0.4 is 10.9 Å². The summed E-state index contributed by atoms with van der Waals surface area (Å²) in [6, 6.07) is 11.3. The summed E-state index contributed by atoms with van der Waals surface area (Å²) < 4.78 is 0. The van der Waals surface area contributed by atoms with E-state index in [1.807, 2.05) is 6.07 Å². The van der Waals surface area contributed by atoms with Gasteiger partial charge in [-0.15, -0.1) is 0 Å². The third kappa shape index (κ3) is 2.44. The normalized spacial score (nSPS) is 9.50. The Hall–Kier alpha value is -2.87. The van der Waals surface area contributed by atoms with Gasteiger partial charge in [0, 0.05) is 17.8 Å². The van der Waals surface area contributed by atoms with Crippen LogP contribution in [0.25, 0.3) is 0 Å². The van der Waals surface area contributed by atoms with Crippen molar-refractivity contribution in [1.29, 1.82) is 5.26 Å². The number of carbonyl (C=O) groups excluding carboxylic acids is 1. The van der Waals surface area contributed by atoms with E-state index in [4.69, 9.17) is 5.26 Å². The minimum absolute atomic E-state index is 0.242. The molecule has 1 amide bonds. The van der Waals surface area contributed by atoms with Gasteiger partial charge in [0.2, 0.25) is 5.56 Å². The molecule has 0 aliphatic carbocycles. The number of nitrogens with zero attached hydrogens (tertiary/aromatic N) is 1. The highest BCUT2D eigenvalue weighted by Gasteiger charge is 2.08. The molecule has 0 fully saturated rings. The molecule has 0 saturated heterocycles. The van der Waals surface area contributed by atoms with Crippen LogP contribution in [-0.2, 0) is 0 Å². The number of amides is 1. The largest absolute Gasteiger partial charge is 0.329 e. The van der Waals surface area contributed by atoms with Crippen molar-refractivity contribution >= 4 is 11.6 Å². The maximum absolute atomic E-state index is 11.9. The monoisotopic (exact) mass is 239 g/mol. The molecule has 0 spiro atoms. The molecule has 0 atom stereocenters. The van der Waals surface area contributed by atoms with Crippen LogP contribution in [0.1, 0.15) is 15.9 Å². The van der Waals surface area contributed by atoms with E-state index in [2.05, 4.69) is 10.3 Å². The number of carbonyl (C=O) groups is 1. The Kier molecular flexibility index (Phi) is 3.21. The minimum Gasteiger partial charge on any atom is -0.329 e. The lowest BCUT2D eigenvalue weighted by molar-refractivity contribution is 0.102. The van der Waals surface area contributed by atoms with Gasteiger partial charge in [0.05, 0.1) is 11.3 Å². The number of nitriles is 1. The fourth-order valence-corrected chi connectivity index (χ4v) is 1.47. The zero-order chi connectivity index (χ0) is 13.0.